The second kappa shape index (κ2) is 6.26. The Bertz CT molecular complexity index is 464. The molecular formula is C14H18ClNO3. The Labute approximate surface area is 117 Å². The van der Waals surface area contributed by atoms with Crippen molar-refractivity contribution in [2.24, 2.45) is 5.92 Å². The zero-order chi connectivity index (χ0) is 13.8. The summed E-state index contributed by atoms with van der Waals surface area (Å²) in [5.74, 6) is 0.475. The molecule has 0 radical (unpaired) electrons. The molecule has 2 unspecified atom stereocenters. The van der Waals surface area contributed by atoms with Gasteiger partial charge in [-0.05, 0) is 36.1 Å². The zero-order valence-electron chi connectivity index (χ0n) is 10.9. The van der Waals surface area contributed by atoms with Crippen molar-refractivity contribution >= 4 is 17.5 Å². The first-order valence-electron chi connectivity index (χ1n) is 6.32. The molecule has 0 saturated heterocycles. The molecule has 2 atom stereocenters. The summed E-state index contributed by atoms with van der Waals surface area (Å²) in [6.07, 6.45) is 1.75. The molecule has 0 heterocycles. The SMILES string of the molecule is COc1ccc2c(c1)C(NC(=O)CCl)C(CO)CC2. The Kier molecular flexibility index (Phi) is 4.66. The summed E-state index contributed by atoms with van der Waals surface area (Å²) < 4.78 is 5.23. The summed E-state index contributed by atoms with van der Waals surface area (Å²) in [4.78, 5) is 11.5. The molecule has 1 aromatic carbocycles. The molecule has 1 aromatic rings. The largest absolute Gasteiger partial charge is 0.497 e. The lowest BCUT2D eigenvalue weighted by atomic mass is 9.80. The number of hydrogen-bond donors (Lipinski definition) is 2. The maximum Gasteiger partial charge on any atom is 0.235 e. The number of aliphatic hydroxyl groups excluding tert-OH is 1. The maximum absolute atomic E-state index is 11.5. The van der Waals surface area contributed by atoms with Crippen LogP contribution in [0.3, 0.4) is 0 Å². The van der Waals surface area contributed by atoms with Gasteiger partial charge in [0.2, 0.25) is 5.91 Å². The lowest BCUT2D eigenvalue weighted by Crippen LogP contribution is -2.38. The molecule has 1 aliphatic rings. The molecule has 0 aromatic heterocycles. The van der Waals surface area contributed by atoms with Crippen LogP contribution in [0.25, 0.3) is 0 Å². The molecule has 0 fully saturated rings. The van der Waals surface area contributed by atoms with Crippen molar-refractivity contribution in [3.63, 3.8) is 0 Å². The smallest absolute Gasteiger partial charge is 0.235 e. The van der Waals surface area contributed by atoms with E-state index in [2.05, 4.69) is 5.32 Å². The van der Waals surface area contributed by atoms with Crippen LogP contribution in [0.4, 0.5) is 0 Å². The number of nitrogens with one attached hydrogen (secondary N) is 1. The van der Waals surface area contributed by atoms with Gasteiger partial charge < -0.3 is 15.2 Å². The van der Waals surface area contributed by atoms with Gasteiger partial charge in [0.1, 0.15) is 11.6 Å². The van der Waals surface area contributed by atoms with Gasteiger partial charge in [0.15, 0.2) is 0 Å². The maximum atomic E-state index is 11.5. The Morgan fingerprint density at radius 2 is 2.37 bits per heavy atom. The van der Waals surface area contributed by atoms with Gasteiger partial charge >= 0.3 is 0 Å². The number of ether oxygens (including phenoxy) is 1. The van der Waals surface area contributed by atoms with Crippen LogP contribution in [0.5, 0.6) is 5.75 Å². The topological polar surface area (TPSA) is 58.6 Å². The minimum absolute atomic E-state index is 0.0202. The van der Waals surface area contributed by atoms with E-state index in [4.69, 9.17) is 16.3 Å². The first-order chi connectivity index (χ1) is 9.19. The Morgan fingerprint density at radius 3 is 3.00 bits per heavy atom. The van der Waals surface area contributed by atoms with E-state index >= 15 is 0 Å². The monoisotopic (exact) mass is 283 g/mol. The van der Waals surface area contributed by atoms with Crippen molar-refractivity contribution in [1.82, 2.24) is 5.32 Å². The molecule has 0 saturated carbocycles. The fourth-order valence-electron chi connectivity index (χ4n) is 2.58. The van der Waals surface area contributed by atoms with Crippen LogP contribution in [-0.2, 0) is 11.2 Å². The minimum Gasteiger partial charge on any atom is -0.497 e. The quantitative estimate of drug-likeness (QED) is 0.826. The van der Waals surface area contributed by atoms with Gasteiger partial charge in [-0.1, -0.05) is 6.07 Å². The summed E-state index contributed by atoms with van der Waals surface area (Å²) in [6.45, 7) is 0.0455. The molecule has 0 bridgehead atoms. The first kappa shape index (κ1) is 14.2. The summed E-state index contributed by atoms with van der Waals surface area (Å²) >= 11 is 5.55. The number of aliphatic hydroxyl groups is 1. The van der Waals surface area contributed by atoms with Crippen molar-refractivity contribution in [3.05, 3.63) is 29.3 Å². The normalized spacial score (nSPS) is 21.6. The number of aryl methyl sites for hydroxylation is 1. The number of alkyl halides is 1. The van der Waals surface area contributed by atoms with Crippen LogP contribution in [-0.4, -0.2) is 30.6 Å². The Morgan fingerprint density at radius 1 is 1.58 bits per heavy atom. The summed E-state index contributed by atoms with van der Waals surface area (Å²) in [5.41, 5.74) is 2.20. The third-order valence-electron chi connectivity index (χ3n) is 3.62. The lowest BCUT2D eigenvalue weighted by Gasteiger charge is -2.33. The van der Waals surface area contributed by atoms with E-state index in [9.17, 15) is 9.90 Å². The van der Waals surface area contributed by atoms with E-state index in [0.717, 1.165) is 24.2 Å². The van der Waals surface area contributed by atoms with E-state index in [1.165, 1.54) is 5.56 Å². The van der Waals surface area contributed by atoms with Crippen LogP contribution in [0.15, 0.2) is 18.2 Å². The number of halogens is 1. The molecule has 5 heteroatoms. The number of carbonyl (C=O) groups excluding carboxylic acids is 1. The summed E-state index contributed by atoms with van der Waals surface area (Å²) in [5, 5.41) is 12.4. The fourth-order valence-corrected chi connectivity index (χ4v) is 2.66. The van der Waals surface area contributed by atoms with E-state index in [0.29, 0.717) is 0 Å². The van der Waals surface area contributed by atoms with Crippen LogP contribution in [0.1, 0.15) is 23.6 Å². The van der Waals surface area contributed by atoms with Gasteiger partial charge in [0.05, 0.1) is 13.2 Å². The van der Waals surface area contributed by atoms with Crippen molar-refractivity contribution in [1.29, 1.82) is 0 Å². The van der Waals surface area contributed by atoms with Gasteiger partial charge in [-0.3, -0.25) is 4.79 Å². The Hall–Kier alpha value is -1.26. The van der Waals surface area contributed by atoms with Gasteiger partial charge in [-0.25, -0.2) is 0 Å². The number of rotatable bonds is 4. The first-order valence-corrected chi connectivity index (χ1v) is 6.86. The lowest BCUT2D eigenvalue weighted by molar-refractivity contribution is -0.120. The molecular weight excluding hydrogens is 266 g/mol. The van der Waals surface area contributed by atoms with E-state index in [-0.39, 0.29) is 30.4 Å². The average molecular weight is 284 g/mol. The molecule has 1 amide bonds. The minimum atomic E-state index is -0.221. The summed E-state index contributed by atoms with van der Waals surface area (Å²) in [6, 6.07) is 5.66. The second-order valence-corrected chi connectivity index (χ2v) is 4.99. The van der Waals surface area contributed by atoms with E-state index in [1.807, 2.05) is 18.2 Å². The van der Waals surface area contributed by atoms with Crippen LogP contribution < -0.4 is 10.1 Å². The molecule has 104 valence electrons. The van der Waals surface area contributed by atoms with E-state index < -0.39 is 0 Å². The zero-order valence-corrected chi connectivity index (χ0v) is 11.6. The Balaban J connectivity index is 2.34. The number of benzene rings is 1. The van der Waals surface area contributed by atoms with Crippen molar-refractivity contribution in [2.45, 2.75) is 18.9 Å². The fraction of sp³-hybridized carbons (Fsp3) is 0.500. The summed E-state index contributed by atoms with van der Waals surface area (Å²) in [7, 11) is 1.61. The van der Waals surface area contributed by atoms with Gasteiger partial charge in [-0.2, -0.15) is 0 Å². The third kappa shape index (κ3) is 3.01. The standard InChI is InChI=1S/C14H18ClNO3/c1-19-11-5-4-9-2-3-10(8-17)14(12(9)6-11)16-13(18)7-15/h4-6,10,14,17H,2-3,7-8H2,1H3,(H,16,18). The number of methoxy groups -OCH3 is 1. The molecule has 1 aliphatic carbocycles. The number of amides is 1. The predicted octanol–water partition coefficient (Wildman–Crippen LogP) is 1.65. The highest BCUT2D eigenvalue weighted by atomic mass is 35.5. The highest BCUT2D eigenvalue weighted by molar-refractivity contribution is 6.27. The molecule has 19 heavy (non-hydrogen) atoms. The molecule has 2 N–H and O–H groups in total. The highest BCUT2D eigenvalue weighted by Gasteiger charge is 2.30. The van der Waals surface area contributed by atoms with Crippen molar-refractivity contribution in [2.75, 3.05) is 19.6 Å². The van der Waals surface area contributed by atoms with E-state index in [1.54, 1.807) is 7.11 Å². The molecule has 0 aliphatic heterocycles. The molecule has 4 nitrogen and oxygen atoms in total. The van der Waals surface area contributed by atoms with Crippen molar-refractivity contribution < 1.29 is 14.6 Å². The highest BCUT2D eigenvalue weighted by Crippen LogP contribution is 2.36. The second-order valence-electron chi connectivity index (χ2n) is 4.72. The predicted molar refractivity (Wildman–Crippen MR) is 73.5 cm³/mol. The molecule has 2 rings (SSSR count). The van der Waals surface area contributed by atoms with Crippen molar-refractivity contribution in [3.8, 4) is 5.75 Å². The third-order valence-corrected chi connectivity index (χ3v) is 3.86. The van der Waals surface area contributed by atoms with Crippen LogP contribution >= 0.6 is 11.6 Å². The van der Waals surface area contributed by atoms with Crippen LogP contribution in [0, 0.1) is 5.92 Å². The van der Waals surface area contributed by atoms with Gasteiger partial charge in [0, 0.05) is 12.5 Å². The van der Waals surface area contributed by atoms with Crippen LogP contribution in [0.2, 0.25) is 0 Å². The number of hydrogen-bond acceptors (Lipinski definition) is 3. The molecule has 0 spiro atoms. The van der Waals surface area contributed by atoms with Gasteiger partial charge in [-0.15, -0.1) is 11.6 Å². The number of fused-ring (bicyclic) bond motifs is 1. The average Bonchev–Trinajstić information content (AvgIpc) is 2.46. The van der Waals surface area contributed by atoms with Gasteiger partial charge in [0.25, 0.3) is 0 Å². The number of carbonyl (C=O) groups is 1.